The predicted octanol–water partition coefficient (Wildman–Crippen LogP) is 0.172. The minimum atomic E-state index is -2.85. The van der Waals surface area contributed by atoms with Crippen molar-refractivity contribution in [1.82, 2.24) is 5.32 Å². The molecule has 0 aliphatic heterocycles. The highest BCUT2D eigenvalue weighted by Gasteiger charge is 2.06. The van der Waals surface area contributed by atoms with Gasteiger partial charge in [0.05, 0.1) is 11.9 Å². The van der Waals surface area contributed by atoms with E-state index in [0.29, 0.717) is 19.5 Å². The summed E-state index contributed by atoms with van der Waals surface area (Å²) >= 11 is 0. The van der Waals surface area contributed by atoms with Crippen molar-refractivity contribution in [1.29, 1.82) is 0 Å². The SMILES string of the molecule is CCC(O)CCNCCS(=O)(=O)CC. The first-order valence-electron chi connectivity index (χ1n) is 5.11. The Balaban J connectivity index is 3.39. The zero-order chi connectivity index (χ0) is 11.0. The molecule has 2 N–H and O–H groups in total. The molecule has 0 amide bonds. The maximum atomic E-state index is 11.1. The molecule has 0 aromatic rings. The fraction of sp³-hybridized carbons (Fsp3) is 1.00. The maximum Gasteiger partial charge on any atom is 0.151 e. The van der Waals surface area contributed by atoms with Crippen LogP contribution in [0.3, 0.4) is 0 Å². The van der Waals surface area contributed by atoms with Gasteiger partial charge in [-0.25, -0.2) is 8.42 Å². The molecule has 86 valence electrons. The third-order valence-corrected chi connectivity index (χ3v) is 3.86. The van der Waals surface area contributed by atoms with Crippen LogP contribution in [0, 0.1) is 0 Å². The zero-order valence-corrected chi connectivity index (χ0v) is 9.81. The highest BCUT2D eigenvalue weighted by Crippen LogP contribution is 1.94. The van der Waals surface area contributed by atoms with Gasteiger partial charge in [0, 0.05) is 12.3 Å². The molecule has 0 rings (SSSR count). The third kappa shape index (κ3) is 7.29. The number of aliphatic hydroxyl groups is 1. The van der Waals surface area contributed by atoms with Gasteiger partial charge in [-0.1, -0.05) is 13.8 Å². The molecule has 4 nitrogen and oxygen atoms in total. The highest BCUT2D eigenvalue weighted by atomic mass is 32.2. The summed E-state index contributed by atoms with van der Waals surface area (Å²) in [7, 11) is -2.85. The van der Waals surface area contributed by atoms with Crippen molar-refractivity contribution in [2.24, 2.45) is 0 Å². The summed E-state index contributed by atoms with van der Waals surface area (Å²) in [6.45, 7) is 4.73. The van der Waals surface area contributed by atoms with Crippen LogP contribution in [0.2, 0.25) is 0 Å². The summed E-state index contributed by atoms with van der Waals surface area (Å²) in [5.41, 5.74) is 0. The Kier molecular flexibility index (Phi) is 7.13. The van der Waals surface area contributed by atoms with Gasteiger partial charge in [-0.3, -0.25) is 0 Å². The lowest BCUT2D eigenvalue weighted by atomic mass is 10.2. The molecule has 1 unspecified atom stereocenters. The average molecular weight is 223 g/mol. The molecule has 0 spiro atoms. The summed E-state index contributed by atoms with van der Waals surface area (Å²) < 4.78 is 22.1. The van der Waals surface area contributed by atoms with E-state index in [2.05, 4.69) is 5.32 Å². The van der Waals surface area contributed by atoms with E-state index < -0.39 is 9.84 Å². The quantitative estimate of drug-likeness (QED) is 0.576. The van der Waals surface area contributed by atoms with Gasteiger partial charge in [-0.2, -0.15) is 0 Å². The van der Waals surface area contributed by atoms with Crippen LogP contribution in [0.1, 0.15) is 26.7 Å². The summed E-state index contributed by atoms with van der Waals surface area (Å²) in [5, 5.41) is 12.2. The minimum Gasteiger partial charge on any atom is -0.393 e. The van der Waals surface area contributed by atoms with Crippen LogP contribution in [0.15, 0.2) is 0 Å². The summed E-state index contributed by atoms with van der Waals surface area (Å²) in [6, 6.07) is 0. The Labute approximate surface area is 86.6 Å². The molecule has 0 bridgehead atoms. The van der Waals surface area contributed by atoms with E-state index in [1.807, 2.05) is 6.92 Å². The average Bonchev–Trinajstić information content (AvgIpc) is 2.17. The Morgan fingerprint density at radius 2 is 1.93 bits per heavy atom. The number of hydrogen-bond acceptors (Lipinski definition) is 4. The fourth-order valence-electron chi connectivity index (χ4n) is 0.970. The molecular weight excluding hydrogens is 202 g/mol. The maximum absolute atomic E-state index is 11.1. The van der Waals surface area contributed by atoms with E-state index >= 15 is 0 Å². The number of rotatable bonds is 8. The van der Waals surface area contributed by atoms with Gasteiger partial charge in [0.25, 0.3) is 0 Å². The van der Waals surface area contributed by atoms with Gasteiger partial charge in [0.15, 0.2) is 9.84 Å². The summed E-state index contributed by atoms with van der Waals surface area (Å²) in [5.74, 6) is 0.387. The predicted molar refractivity (Wildman–Crippen MR) is 58.1 cm³/mol. The Morgan fingerprint density at radius 3 is 2.43 bits per heavy atom. The molecule has 0 radical (unpaired) electrons. The van der Waals surface area contributed by atoms with Crippen LogP contribution in [-0.2, 0) is 9.84 Å². The second-order valence-electron chi connectivity index (χ2n) is 3.34. The normalized spacial score (nSPS) is 14.2. The topological polar surface area (TPSA) is 66.4 Å². The highest BCUT2D eigenvalue weighted by molar-refractivity contribution is 7.91. The van der Waals surface area contributed by atoms with Gasteiger partial charge < -0.3 is 10.4 Å². The van der Waals surface area contributed by atoms with Crippen LogP contribution in [-0.4, -0.2) is 44.2 Å². The first-order valence-corrected chi connectivity index (χ1v) is 6.93. The lowest BCUT2D eigenvalue weighted by Crippen LogP contribution is -2.26. The first-order chi connectivity index (χ1) is 6.52. The van der Waals surface area contributed by atoms with Crippen molar-refractivity contribution in [3.8, 4) is 0 Å². The number of sulfone groups is 1. The number of hydrogen-bond donors (Lipinski definition) is 2. The monoisotopic (exact) mass is 223 g/mol. The molecule has 0 aromatic carbocycles. The second kappa shape index (κ2) is 7.20. The first kappa shape index (κ1) is 13.9. The molecule has 1 atom stereocenters. The smallest absolute Gasteiger partial charge is 0.151 e. The Hall–Kier alpha value is -0.130. The second-order valence-corrected chi connectivity index (χ2v) is 5.81. The third-order valence-electron chi connectivity index (χ3n) is 2.16. The van der Waals surface area contributed by atoms with Gasteiger partial charge in [0.2, 0.25) is 0 Å². The molecule has 0 aliphatic rings. The van der Waals surface area contributed by atoms with Crippen molar-refractivity contribution < 1.29 is 13.5 Å². The number of aliphatic hydroxyl groups excluding tert-OH is 1. The molecular formula is C9H21NO3S. The Bertz CT molecular complexity index is 226. The Morgan fingerprint density at radius 1 is 1.29 bits per heavy atom. The molecule has 0 fully saturated rings. The largest absolute Gasteiger partial charge is 0.393 e. The zero-order valence-electron chi connectivity index (χ0n) is 8.99. The van der Waals surface area contributed by atoms with Crippen LogP contribution in [0.25, 0.3) is 0 Å². The van der Waals surface area contributed by atoms with Gasteiger partial charge in [0.1, 0.15) is 0 Å². The summed E-state index contributed by atoms with van der Waals surface area (Å²) in [4.78, 5) is 0. The molecule has 0 aliphatic carbocycles. The minimum absolute atomic E-state index is 0.186. The molecule has 5 heteroatoms. The lowest BCUT2D eigenvalue weighted by molar-refractivity contribution is 0.160. The van der Waals surface area contributed by atoms with Crippen molar-refractivity contribution >= 4 is 9.84 Å². The standard InChI is InChI=1S/C9H21NO3S/c1-3-9(11)5-6-10-7-8-14(12,13)4-2/h9-11H,3-8H2,1-2H3. The number of nitrogens with one attached hydrogen (secondary N) is 1. The van der Waals surface area contributed by atoms with Crippen molar-refractivity contribution in [2.45, 2.75) is 32.8 Å². The molecule has 0 saturated heterocycles. The lowest BCUT2D eigenvalue weighted by Gasteiger charge is -2.08. The van der Waals surface area contributed by atoms with E-state index in [0.717, 1.165) is 6.42 Å². The van der Waals surface area contributed by atoms with Crippen molar-refractivity contribution in [3.63, 3.8) is 0 Å². The van der Waals surface area contributed by atoms with Gasteiger partial charge >= 0.3 is 0 Å². The van der Waals surface area contributed by atoms with Crippen LogP contribution in [0.4, 0.5) is 0 Å². The van der Waals surface area contributed by atoms with Gasteiger partial charge in [-0.15, -0.1) is 0 Å². The van der Waals surface area contributed by atoms with E-state index in [4.69, 9.17) is 0 Å². The van der Waals surface area contributed by atoms with Crippen LogP contribution in [0.5, 0.6) is 0 Å². The fourth-order valence-corrected chi connectivity index (χ4v) is 1.71. The molecule has 0 aromatic heterocycles. The molecule has 14 heavy (non-hydrogen) atoms. The summed E-state index contributed by atoms with van der Waals surface area (Å²) in [6.07, 6.45) is 1.16. The van der Waals surface area contributed by atoms with Crippen molar-refractivity contribution in [2.75, 3.05) is 24.6 Å². The van der Waals surface area contributed by atoms with Crippen LogP contribution < -0.4 is 5.32 Å². The van der Waals surface area contributed by atoms with Crippen LogP contribution >= 0.6 is 0 Å². The van der Waals surface area contributed by atoms with E-state index in [1.54, 1.807) is 6.92 Å². The molecule has 0 saturated carbocycles. The van der Waals surface area contributed by atoms with Gasteiger partial charge in [-0.05, 0) is 19.4 Å². The van der Waals surface area contributed by atoms with E-state index in [1.165, 1.54) is 0 Å². The molecule has 0 heterocycles. The van der Waals surface area contributed by atoms with Crippen molar-refractivity contribution in [3.05, 3.63) is 0 Å². The van der Waals surface area contributed by atoms with E-state index in [-0.39, 0.29) is 17.6 Å². The van der Waals surface area contributed by atoms with E-state index in [9.17, 15) is 13.5 Å².